The lowest BCUT2D eigenvalue weighted by Gasteiger charge is -2.15. The summed E-state index contributed by atoms with van der Waals surface area (Å²) in [4.78, 5) is 16.4. The van der Waals surface area contributed by atoms with Crippen LogP contribution in [0.4, 0.5) is 0 Å². The fourth-order valence-electron chi connectivity index (χ4n) is 2.40. The van der Waals surface area contributed by atoms with Gasteiger partial charge >= 0.3 is 0 Å². The Kier molecular flexibility index (Phi) is 3.74. The molecule has 4 heteroatoms. The number of carbonyl (C=O) groups is 1. The molecule has 0 aliphatic rings. The molecule has 0 saturated heterocycles. The number of nitrogens with one attached hydrogen (secondary N) is 1. The van der Waals surface area contributed by atoms with Crippen molar-refractivity contribution in [2.45, 2.75) is 13.0 Å². The summed E-state index contributed by atoms with van der Waals surface area (Å²) < 4.78 is 0. The van der Waals surface area contributed by atoms with Crippen molar-refractivity contribution in [3.63, 3.8) is 0 Å². The maximum absolute atomic E-state index is 12.4. The van der Waals surface area contributed by atoms with E-state index >= 15 is 0 Å². The van der Waals surface area contributed by atoms with Gasteiger partial charge in [-0.3, -0.25) is 9.78 Å². The molecular weight excluding hydrogens is 276 g/mol. The van der Waals surface area contributed by atoms with E-state index in [2.05, 4.69) is 10.3 Å². The van der Waals surface area contributed by atoms with Crippen LogP contribution >= 0.6 is 0 Å². The zero-order valence-electron chi connectivity index (χ0n) is 12.2. The molecule has 0 spiro atoms. The van der Waals surface area contributed by atoms with Gasteiger partial charge in [0.1, 0.15) is 5.75 Å². The maximum atomic E-state index is 12.4. The number of aromatic hydroxyl groups is 1. The Morgan fingerprint density at radius 1 is 1.14 bits per heavy atom. The number of benzene rings is 2. The average Bonchev–Trinajstić information content (AvgIpc) is 2.54. The highest BCUT2D eigenvalue weighted by Gasteiger charge is 2.15. The molecule has 0 saturated carbocycles. The second-order valence-electron chi connectivity index (χ2n) is 5.20. The first kappa shape index (κ1) is 14.1. The van der Waals surface area contributed by atoms with Crippen molar-refractivity contribution in [2.24, 2.45) is 0 Å². The molecule has 0 aliphatic heterocycles. The number of fused-ring (bicyclic) bond motifs is 1. The molecule has 3 aromatic rings. The summed E-state index contributed by atoms with van der Waals surface area (Å²) in [6, 6.07) is 14.5. The van der Waals surface area contributed by atoms with Crippen molar-refractivity contribution in [1.82, 2.24) is 10.3 Å². The molecular formula is C18H16N2O2. The van der Waals surface area contributed by atoms with E-state index in [1.54, 1.807) is 24.5 Å². The second kappa shape index (κ2) is 5.85. The molecule has 1 aromatic heterocycles. The smallest absolute Gasteiger partial charge is 0.255 e. The predicted octanol–water partition coefficient (Wildman–Crippen LogP) is 3.43. The minimum Gasteiger partial charge on any atom is -0.507 e. The van der Waals surface area contributed by atoms with Crippen LogP contribution in [-0.4, -0.2) is 16.0 Å². The number of rotatable bonds is 3. The van der Waals surface area contributed by atoms with Crippen molar-refractivity contribution in [3.05, 3.63) is 72.1 Å². The molecule has 2 aromatic carbocycles. The molecule has 0 bridgehead atoms. The summed E-state index contributed by atoms with van der Waals surface area (Å²) in [5.74, 6) is -0.325. The van der Waals surface area contributed by atoms with E-state index in [9.17, 15) is 9.90 Å². The summed E-state index contributed by atoms with van der Waals surface area (Å²) in [5, 5.41) is 14.8. The first-order valence-electron chi connectivity index (χ1n) is 7.07. The minimum absolute atomic E-state index is 0.0189. The Balaban J connectivity index is 1.87. The fraction of sp³-hybridized carbons (Fsp3) is 0.111. The van der Waals surface area contributed by atoms with Crippen LogP contribution < -0.4 is 5.32 Å². The quantitative estimate of drug-likeness (QED) is 0.777. The van der Waals surface area contributed by atoms with E-state index in [1.165, 1.54) is 0 Å². The highest BCUT2D eigenvalue weighted by atomic mass is 16.3. The lowest BCUT2D eigenvalue weighted by Crippen LogP contribution is -2.26. The van der Waals surface area contributed by atoms with Crippen LogP contribution in [0.3, 0.4) is 0 Å². The van der Waals surface area contributed by atoms with Crippen molar-refractivity contribution in [2.75, 3.05) is 0 Å². The highest BCUT2D eigenvalue weighted by molar-refractivity contribution is 6.01. The number of hydrogen-bond acceptors (Lipinski definition) is 3. The molecule has 22 heavy (non-hydrogen) atoms. The molecule has 1 amide bonds. The number of pyridine rings is 1. The molecule has 3 rings (SSSR count). The van der Waals surface area contributed by atoms with Gasteiger partial charge in [-0.25, -0.2) is 0 Å². The number of hydrogen-bond donors (Lipinski definition) is 2. The van der Waals surface area contributed by atoms with Crippen LogP contribution in [0, 0.1) is 0 Å². The van der Waals surface area contributed by atoms with E-state index in [-0.39, 0.29) is 23.3 Å². The molecule has 1 atom stereocenters. The number of phenolic OH excluding ortho intramolecular Hbond substituents is 1. The Labute approximate surface area is 128 Å². The number of carbonyl (C=O) groups excluding carboxylic acids is 1. The molecule has 0 radical (unpaired) electrons. The van der Waals surface area contributed by atoms with Gasteiger partial charge in [-0.2, -0.15) is 0 Å². The van der Waals surface area contributed by atoms with Crippen LogP contribution in [0.1, 0.15) is 28.9 Å². The zero-order valence-corrected chi connectivity index (χ0v) is 12.2. The molecule has 1 heterocycles. The molecule has 1 unspecified atom stereocenters. The highest BCUT2D eigenvalue weighted by Crippen LogP contribution is 2.25. The van der Waals surface area contributed by atoms with E-state index in [1.807, 2.05) is 43.3 Å². The predicted molar refractivity (Wildman–Crippen MR) is 85.7 cm³/mol. The van der Waals surface area contributed by atoms with Crippen molar-refractivity contribution >= 4 is 16.7 Å². The van der Waals surface area contributed by atoms with Crippen LogP contribution in [0.15, 0.2) is 60.9 Å². The van der Waals surface area contributed by atoms with Crippen LogP contribution in [0.2, 0.25) is 0 Å². The van der Waals surface area contributed by atoms with E-state index in [0.29, 0.717) is 0 Å². The van der Waals surface area contributed by atoms with Crippen LogP contribution in [0.5, 0.6) is 5.75 Å². The van der Waals surface area contributed by atoms with Crippen molar-refractivity contribution in [3.8, 4) is 5.75 Å². The fourth-order valence-corrected chi connectivity index (χ4v) is 2.40. The third kappa shape index (κ3) is 2.76. The standard InChI is InChI=1S/C18H16N2O2/c1-12(15-7-4-8-19-11-15)20-18(22)16-9-13-5-2-3-6-14(13)10-17(16)21/h2-12,21H,1H3,(H,20,22). The Morgan fingerprint density at radius 2 is 1.86 bits per heavy atom. The Morgan fingerprint density at radius 3 is 2.55 bits per heavy atom. The van der Waals surface area contributed by atoms with Crippen molar-refractivity contribution < 1.29 is 9.90 Å². The van der Waals surface area contributed by atoms with Gasteiger partial charge in [0, 0.05) is 12.4 Å². The van der Waals surface area contributed by atoms with Gasteiger partial charge in [0.05, 0.1) is 11.6 Å². The van der Waals surface area contributed by atoms with E-state index < -0.39 is 0 Å². The summed E-state index contributed by atoms with van der Waals surface area (Å²) in [6.07, 6.45) is 3.40. The summed E-state index contributed by atoms with van der Waals surface area (Å²) in [6.45, 7) is 1.88. The maximum Gasteiger partial charge on any atom is 0.255 e. The third-order valence-electron chi connectivity index (χ3n) is 3.64. The number of aromatic nitrogens is 1. The Hall–Kier alpha value is -2.88. The number of amides is 1. The second-order valence-corrected chi connectivity index (χ2v) is 5.20. The SMILES string of the molecule is CC(NC(=O)c1cc2ccccc2cc1O)c1cccnc1. The average molecular weight is 292 g/mol. The van der Waals surface area contributed by atoms with Gasteiger partial charge < -0.3 is 10.4 Å². The Bertz CT molecular complexity index is 816. The summed E-state index contributed by atoms with van der Waals surface area (Å²) >= 11 is 0. The van der Waals surface area contributed by atoms with Crippen LogP contribution in [-0.2, 0) is 0 Å². The van der Waals surface area contributed by atoms with E-state index in [0.717, 1.165) is 16.3 Å². The molecule has 4 nitrogen and oxygen atoms in total. The van der Waals surface area contributed by atoms with Gasteiger partial charge in [0.15, 0.2) is 0 Å². The zero-order chi connectivity index (χ0) is 15.5. The first-order chi connectivity index (χ1) is 10.6. The molecule has 2 N–H and O–H groups in total. The number of nitrogens with zero attached hydrogens (tertiary/aromatic N) is 1. The molecule has 110 valence electrons. The third-order valence-corrected chi connectivity index (χ3v) is 3.64. The normalized spacial score (nSPS) is 12.0. The monoisotopic (exact) mass is 292 g/mol. The van der Waals surface area contributed by atoms with Crippen molar-refractivity contribution in [1.29, 1.82) is 0 Å². The topological polar surface area (TPSA) is 62.2 Å². The lowest BCUT2D eigenvalue weighted by atomic mass is 10.0. The van der Waals surface area contributed by atoms with Gasteiger partial charge in [-0.1, -0.05) is 30.3 Å². The summed E-state index contributed by atoms with van der Waals surface area (Å²) in [7, 11) is 0. The van der Waals surface area contributed by atoms with E-state index in [4.69, 9.17) is 0 Å². The largest absolute Gasteiger partial charge is 0.507 e. The van der Waals surface area contributed by atoms with Gasteiger partial charge in [0.25, 0.3) is 5.91 Å². The molecule has 0 fully saturated rings. The summed E-state index contributed by atoms with van der Waals surface area (Å²) in [5.41, 5.74) is 1.19. The van der Waals surface area contributed by atoms with Gasteiger partial charge in [0.2, 0.25) is 0 Å². The van der Waals surface area contributed by atoms with Gasteiger partial charge in [-0.05, 0) is 41.5 Å². The minimum atomic E-state index is -0.306. The lowest BCUT2D eigenvalue weighted by molar-refractivity contribution is 0.0937. The number of phenols is 1. The van der Waals surface area contributed by atoms with Crippen LogP contribution in [0.25, 0.3) is 10.8 Å². The first-order valence-corrected chi connectivity index (χ1v) is 7.07. The van der Waals surface area contributed by atoms with Gasteiger partial charge in [-0.15, -0.1) is 0 Å². The molecule has 0 aliphatic carbocycles.